The molecule has 2 nitrogen and oxygen atoms in total. The van der Waals surface area contributed by atoms with E-state index in [0.717, 1.165) is 5.75 Å². The van der Waals surface area contributed by atoms with Gasteiger partial charge in [0.25, 0.3) is 0 Å². The lowest BCUT2D eigenvalue weighted by Gasteiger charge is -2.05. The number of sulfone groups is 1. The number of allylic oxidation sites excluding steroid dienone is 1. The van der Waals surface area contributed by atoms with Crippen molar-refractivity contribution >= 4 is 21.6 Å². The fourth-order valence-corrected chi connectivity index (χ4v) is 4.77. The van der Waals surface area contributed by atoms with Crippen molar-refractivity contribution in [2.45, 2.75) is 44.8 Å². The van der Waals surface area contributed by atoms with Gasteiger partial charge in [0.15, 0.2) is 9.84 Å². The lowest BCUT2D eigenvalue weighted by molar-refractivity contribution is 0.604. The van der Waals surface area contributed by atoms with E-state index in [1.54, 1.807) is 18.7 Å². The highest BCUT2D eigenvalue weighted by Crippen LogP contribution is 2.27. The largest absolute Gasteiger partial charge is 0.224 e. The van der Waals surface area contributed by atoms with Gasteiger partial charge in [-0.2, -0.15) is 11.8 Å². The monoisotopic (exact) mass is 248 g/mol. The van der Waals surface area contributed by atoms with Crippen molar-refractivity contribution in [1.29, 1.82) is 0 Å². The molecule has 0 saturated carbocycles. The van der Waals surface area contributed by atoms with E-state index in [2.05, 4.69) is 6.92 Å². The summed E-state index contributed by atoms with van der Waals surface area (Å²) in [4.78, 5) is 0.563. The van der Waals surface area contributed by atoms with Crippen molar-refractivity contribution in [3.05, 3.63) is 11.0 Å². The summed E-state index contributed by atoms with van der Waals surface area (Å²) in [5, 5.41) is 0.205. The van der Waals surface area contributed by atoms with Gasteiger partial charge >= 0.3 is 0 Å². The zero-order valence-corrected chi connectivity index (χ0v) is 11.2. The number of hydrogen-bond donors (Lipinski definition) is 0. The first-order valence-electron chi connectivity index (χ1n) is 5.59. The minimum Gasteiger partial charge on any atom is -0.224 e. The summed E-state index contributed by atoms with van der Waals surface area (Å²) >= 11 is 1.78. The molecule has 0 N–H and O–H groups in total. The third kappa shape index (κ3) is 4.19. The maximum absolute atomic E-state index is 11.4. The van der Waals surface area contributed by atoms with Gasteiger partial charge in [-0.3, -0.25) is 0 Å². The molecule has 0 amide bonds. The van der Waals surface area contributed by atoms with Crippen molar-refractivity contribution in [3.63, 3.8) is 0 Å². The maximum atomic E-state index is 11.4. The molecule has 0 aromatic heterocycles. The number of hydrogen-bond acceptors (Lipinski definition) is 3. The molecular formula is C11H20O2S2. The van der Waals surface area contributed by atoms with Crippen LogP contribution in [0.15, 0.2) is 11.0 Å². The SMILES string of the molecule is CCCCCCSC1C=C(C)S(=O)(=O)C1. The van der Waals surface area contributed by atoms with Gasteiger partial charge in [0.1, 0.15) is 0 Å². The van der Waals surface area contributed by atoms with Crippen LogP contribution in [0.2, 0.25) is 0 Å². The molecule has 1 heterocycles. The van der Waals surface area contributed by atoms with Gasteiger partial charge in [-0.15, -0.1) is 0 Å². The molecule has 0 aromatic rings. The summed E-state index contributed by atoms with van der Waals surface area (Å²) in [5.74, 6) is 1.40. The molecule has 1 unspecified atom stereocenters. The van der Waals surface area contributed by atoms with Crippen LogP contribution in [-0.2, 0) is 9.84 Å². The van der Waals surface area contributed by atoms with Gasteiger partial charge in [0.2, 0.25) is 0 Å². The smallest absolute Gasteiger partial charge is 0.175 e. The van der Waals surface area contributed by atoms with Crippen LogP contribution in [0.25, 0.3) is 0 Å². The molecule has 0 radical (unpaired) electrons. The predicted molar refractivity (Wildman–Crippen MR) is 67.9 cm³/mol. The third-order valence-corrected chi connectivity index (χ3v) is 6.01. The molecule has 0 aromatic carbocycles. The molecule has 88 valence electrons. The van der Waals surface area contributed by atoms with Gasteiger partial charge < -0.3 is 0 Å². The Balaban J connectivity index is 2.20. The van der Waals surface area contributed by atoms with Crippen molar-refractivity contribution in [1.82, 2.24) is 0 Å². The molecule has 1 rings (SSSR count). The lowest BCUT2D eigenvalue weighted by Crippen LogP contribution is -2.08. The van der Waals surface area contributed by atoms with E-state index >= 15 is 0 Å². The Morgan fingerprint density at radius 3 is 2.67 bits per heavy atom. The molecule has 1 atom stereocenters. The molecule has 4 heteroatoms. The molecule has 15 heavy (non-hydrogen) atoms. The average Bonchev–Trinajstić information content (AvgIpc) is 2.40. The minimum absolute atomic E-state index is 0.205. The Morgan fingerprint density at radius 1 is 1.40 bits per heavy atom. The van der Waals surface area contributed by atoms with Crippen LogP contribution in [0.5, 0.6) is 0 Å². The van der Waals surface area contributed by atoms with E-state index in [1.165, 1.54) is 25.7 Å². The quantitative estimate of drug-likeness (QED) is 0.678. The van der Waals surface area contributed by atoms with Crippen molar-refractivity contribution in [2.24, 2.45) is 0 Å². The summed E-state index contributed by atoms with van der Waals surface area (Å²) in [5.41, 5.74) is 0. The fraction of sp³-hybridized carbons (Fsp3) is 0.818. The second-order valence-electron chi connectivity index (χ2n) is 4.03. The summed E-state index contributed by atoms with van der Waals surface area (Å²) in [7, 11) is -2.88. The van der Waals surface area contributed by atoms with Crippen molar-refractivity contribution < 1.29 is 8.42 Å². The first-order valence-corrected chi connectivity index (χ1v) is 8.29. The molecular weight excluding hydrogens is 228 g/mol. The van der Waals surface area contributed by atoms with Gasteiger partial charge in [0, 0.05) is 10.2 Å². The van der Waals surface area contributed by atoms with Crippen LogP contribution < -0.4 is 0 Å². The van der Waals surface area contributed by atoms with Gasteiger partial charge in [-0.05, 0) is 19.1 Å². The molecule has 0 bridgehead atoms. The van der Waals surface area contributed by atoms with Crippen molar-refractivity contribution in [3.8, 4) is 0 Å². The van der Waals surface area contributed by atoms with Gasteiger partial charge in [-0.1, -0.05) is 32.3 Å². The summed E-state index contributed by atoms with van der Waals surface area (Å²) in [6.07, 6.45) is 6.92. The molecule has 0 fully saturated rings. The zero-order chi connectivity index (χ0) is 11.3. The summed E-state index contributed by atoms with van der Waals surface area (Å²) in [6, 6.07) is 0. The van der Waals surface area contributed by atoms with Crippen LogP contribution in [0.3, 0.4) is 0 Å². The molecule has 0 aliphatic carbocycles. The zero-order valence-electron chi connectivity index (χ0n) is 9.53. The first-order chi connectivity index (χ1) is 7.06. The van der Waals surface area contributed by atoms with Crippen LogP contribution in [0, 0.1) is 0 Å². The fourth-order valence-electron chi connectivity index (χ4n) is 1.62. The van der Waals surface area contributed by atoms with E-state index in [4.69, 9.17) is 0 Å². The lowest BCUT2D eigenvalue weighted by atomic mass is 10.2. The standard InChI is InChI=1S/C11H20O2S2/c1-3-4-5-6-7-14-11-8-10(2)15(12,13)9-11/h8,11H,3-7,9H2,1-2H3. The number of thioether (sulfide) groups is 1. The Labute approximate surface area is 97.4 Å². The Bertz CT molecular complexity index is 317. The van der Waals surface area contributed by atoms with Crippen LogP contribution in [-0.4, -0.2) is 25.2 Å². The minimum atomic E-state index is -2.88. The maximum Gasteiger partial charge on any atom is 0.175 e. The predicted octanol–water partition coefficient (Wildman–Crippen LogP) is 3.00. The van der Waals surface area contributed by atoms with E-state index in [9.17, 15) is 8.42 Å². The summed E-state index contributed by atoms with van der Waals surface area (Å²) in [6.45, 7) is 3.90. The van der Waals surface area contributed by atoms with E-state index in [1.807, 2.05) is 6.08 Å². The highest BCUT2D eigenvalue weighted by atomic mass is 32.2. The third-order valence-electron chi connectivity index (χ3n) is 2.62. The highest BCUT2D eigenvalue weighted by Gasteiger charge is 2.27. The Morgan fingerprint density at radius 2 is 2.13 bits per heavy atom. The van der Waals surface area contributed by atoms with E-state index < -0.39 is 9.84 Å². The Kier molecular flexibility index (Phi) is 5.19. The second kappa shape index (κ2) is 5.94. The molecule has 0 saturated heterocycles. The average molecular weight is 248 g/mol. The van der Waals surface area contributed by atoms with Gasteiger partial charge in [-0.25, -0.2) is 8.42 Å². The molecule has 0 spiro atoms. The summed E-state index contributed by atoms with van der Waals surface area (Å²) < 4.78 is 22.9. The number of rotatable bonds is 6. The van der Waals surface area contributed by atoms with Gasteiger partial charge in [0.05, 0.1) is 5.75 Å². The Hall–Kier alpha value is 0.0400. The molecule has 1 aliphatic rings. The highest BCUT2D eigenvalue weighted by molar-refractivity contribution is 8.02. The second-order valence-corrected chi connectivity index (χ2v) is 7.58. The molecule has 1 aliphatic heterocycles. The van der Waals surface area contributed by atoms with E-state index in [0.29, 0.717) is 10.7 Å². The van der Waals surface area contributed by atoms with Crippen LogP contribution in [0.4, 0.5) is 0 Å². The number of unbranched alkanes of at least 4 members (excludes halogenated alkanes) is 3. The van der Waals surface area contributed by atoms with Crippen LogP contribution in [0.1, 0.15) is 39.5 Å². The normalized spacial score (nSPS) is 24.1. The van der Waals surface area contributed by atoms with Crippen LogP contribution >= 0.6 is 11.8 Å². The first kappa shape index (κ1) is 13.1. The van der Waals surface area contributed by atoms with Crippen molar-refractivity contribution in [2.75, 3.05) is 11.5 Å². The topological polar surface area (TPSA) is 34.1 Å². The van der Waals surface area contributed by atoms with E-state index in [-0.39, 0.29) is 5.25 Å².